The van der Waals surface area contributed by atoms with Crippen LogP contribution in [0.3, 0.4) is 0 Å². The third-order valence-corrected chi connectivity index (χ3v) is 2.98. The smallest absolute Gasteiger partial charge is 0.309 e. The van der Waals surface area contributed by atoms with Crippen molar-refractivity contribution >= 4 is 11.9 Å². The Hall–Kier alpha value is -1.10. The minimum atomic E-state index is -0.973. The van der Waals surface area contributed by atoms with E-state index in [4.69, 9.17) is 14.9 Å². The summed E-state index contributed by atoms with van der Waals surface area (Å²) in [6.45, 7) is 5.17. The van der Waals surface area contributed by atoms with Crippen LogP contribution in [0.2, 0.25) is 0 Å². The molecule has 5 heteroatoms. The maximum absolute atomic E-state index is 11.5. The number of carbonyl (C=O) groups is 2. The van der Waals surface area contributed by atoms with Gasteiger partial charge in [0.2, 0.25) is 0 Å². The van der Waals surface area contributed by atoms with Gasteiger partial charge in [-0.15, -0.1) is 0 Å². The molecule has 100 valence electrons. The van der Waals surface area contributed by atoms with Gasteiger partial charge in [0.15, 0.2) is 0 Å². The average Bonchev–Trinajstić information content (AvgIpc) is 2.31. The Labute approximate surface area is 102 Å². The number of hydrogen-bond donors (Lipinski definition) is 2. The first-order valence-corrected chi connectivity index (χ1v) is 5.94. The molecular weight excluding hydrogens is 224 g/mol. The van der Waals surface area contributed by atoms with Gasteiger partial charge in [-0.25, -0.2) is 0 Å². The fourth-order valence-electron chi connectivity index (χ4n) is 1.56. The lowest BCUT2D eigenvalue weighted by molar-refractivity contribution is -0.158. The van der Waals surface area contributed by atoms with Crippen LogP contribution in [-0.4, -0.2) is 35.4 Å². The third kappa shape index (κ3) is 5.68. The van der Waals surface area contributed by atoms with Gasteiger partial charge in [0.05, 0.1) is 18.4 Å². The van der Waals surface area contributed by atoms with E-state index >= 15 is 0 Å². The van der Waals surface area contributed by atoms with Gasteiger partial charge >= 0.3 is 11.9 Å². The summed E-state index contributed by atoms with van der Waals surface area (Å²) in [4.78, 5) is 22.6. The Morgan fingerprint density at radius 2 is 1.88 bits per heavy atom. The van der Waals surface area contributed by atoms with E-state index in [-0.39, 0.29) is 19.1 Å². The van der Waals surface area contributed by atoms with Crippen molar-refractivity contribution in [3.05, 3.63) is 0 Å². The highest BCUT2D eigenvalue weighted by molar-refractivity contribution is 5.80. The molecule has 0 aromatic carbocycles. The molecule has 0 radical (unpaired) electrons. The van der Waals surface area contributed by atoms with Crippen LogP contribution in [0.5, 0.6) is 0 Å². The summed E-state index contributed by atoms with van der Waals surface area (Å²) in [6, 6.07) is 0. The number of aliphatic hydroxyl groups excluding tert-OH is 1. The molecule has 0 aromatic heterocycles. The van der Waals surface area contributed by atoms with Gasteiger partial charge < -0.3 is 14.9 Å². The lowest BCUT2D eigenvalue weighted by Crippen LogP contribution is -2.31. The number of hydrogen-bond acceptors (Lipinski definition) is 4. The van der Waals surface area contributed by atoms with Crippen molar-refractivity contribution in [2.45, 2.75) is 33.6 Å². The molecule has 17 heavy (non-hydrogen) atoms. The second-order valence-electron chi connectivity index (χ2n) is 4.37. The zero-order valence-corrected chi connectivity index (χ0v) is 10.7. The first kappa shape index (κ1) is 15.9. The molecule has 0 spiro atoms. The van der Waals surface area contributed by atoms with E-state index in [1.54, 1.807) is 6.92 Å². The highest BCUT2D eigenvalue weighted by Gasteiger charge is 2.31. The molecule has 0 bridgehead atoms. The van der Waals surface area contributed by atoms with Crippen molar-refractivity contribution in [3.8, 4) is 0 Å². The first-order chi connectivity index (χ1) is 7.93. The van der Waals surface area contributed by atoms with Crippen molar-refractivity contribution in [1.82, 2.24) is 0 Å². The molecule has 5 nitrogen and oxygen atoms in total. The standard InChI is InChI=1S/C12H22O5/c1-4-8(2)7-10(11(14)15)9(3)12(16)17-6-5-13/h8-10,13H,4-7H2,1-3H3,(H,14,15). The molecular formula is C12H22O5. The number of carbonyl (C=O) groups excluding carboxylic acids is 1. The maximum atomic E-state index is 11.5. The summed E-state index contributed by atoms with van der Waals surface area (Å²) in [5.41, 5.74) is 0. The van der Waals surface area contributed by atoms with Crippen LogP contribution >= 0.6 is 0 Å². The van der Waals surface area contributed by atoms with Gasteiger partial charge in [-0.1, -0.05) is 27.2 Å². The predicted octanol–water partition coefficient (Wildman–Crippen LogP) is 1.29. The number of aliphatic carboxylic acids is 1. The second kappa shape index (κ2) is 8.06. The zero-order valence-electron chi connectivity index (χ0n) is 10.7. The van der Waals surface area contributed by atoms with Gasteiger partial charge in [0.1, 0.15) is 6.61 Å². The molecule has 0 amide bonds. The summed E-state index contributed by atoms with van der Waals surface area (Å²) in [5, 5.41) is 17.6. The largest absolute Gasteiger partial charge is 0.481 e. The summed E-state index contributed by atoms with van der Waals surface area (Å²) >= 11 is 0. The molecule has 2 N–H and O–H groups in total. The summed E-state index contributed by atoms with van der Waals surface area (Å²) in [5.74, 6) is -2.69. The van der Waals surface area contributed by atoms with E-state index in [1.807, 2.05) is 13.8 Å². The third-order valence-electron chi connectivity index (χ3n) is 2.98. The van der Waals surface area contributed by atoms with Crippen LogP contribution in [0.1, 0.15) is 33.6 Å². The highest BCUT2D eigenvalue weighted by atomic mass is 16.5. The van der Waals surface area contributed by atoms with E-state index in [0.29, 0.717) is 6.42 Å². The number of carboxylic acid groups (broad SMARTS) is 1. The number of carboxylic acids is 1. The Kier molecular flexibility index (Phi) is 7.54. The van der Waals surface area contributed by atoms with Crippen LogP contribution < -0.4 is 0 Å². The fourth-order valence-corrected chi connectivity index (χ4v) is 1.56. The van der Waals surface area contributed by atoms with Crippen LogP contribution in [-0.2, 0) is 14.3 Å². The van der Waals surface area contributed by atoms with Gasteiger partial charge in [-0.2, -0.15) is 0 Å². The van der Waals surface area contributed by atoms with Crippen molar-refractivity contribution in [3.63, 3.8) is 0 Å². The Morgan fingerprint density at radius 3 is 2.29 bits per heavy atom. The first-order valence-electron chi connectivity index (χ1n) is 5.94. The van der Waals surface area contributed by atoms with Gasteiger partial charge in [0.25, 0.3) is 0 Å². The average molecular weight is 246 g/mol. The Bertz CT molecular complexity index is 251. The van der Waals surface area contributed by atoms with Gasteiger partial charge in [-0.05, 0) is 12.3 Å². The van der Waals surface area contributed by atoms with Gasteiger partial charge in [-0.3, -0.25) is 9.59 Å². The number of rotatable bonds is 8. The molecule has 0 aliphatic carbocycles. The van der Waals surface area contributed by atoms with Crippen molar-refractivity contribution in [2.24, 2.45) is 17.8 Å². The van der Waals surface area contributed by atoms with Crippen molar-refractivity contribution < 1.29 is 24.5 Å². The lowest BCUT2D eigenvalue weighted by atomic mass is 9.85. The molecule has 0 saturated carbocycles. The molecule has 3 atom stereocenters. The molecule has 0 rings (SSSR count). The van der Waals surface area contributed by atoms with Crippen LogP contribution in [0.4, 0.5) is 0 Å². The Balaban J connectivity index is 4.48. The number of ether oxygens (including phenoxy) is 1. The summed E-state index contributed by atoms with van der Waals surface area (Å²) < 4.78 is 4.75. The van der Waals surface area contributed by atoms with Gasteiger partial charge in [0, 0.05) is 0 Å². The van der Waals surface area contributed by atoms with Crippen LogP contribution in [0.15, 0.2) is 0 Å². The second-order valence-corrected chi connectivity index (χ2v) is 4.37. The van der Waals surface area contributed by atoms with Crippen molar-refractivity contribution in [1.29, 1.82) is 0 Å². The van der Waals surface area contributed by atoms with E-state index in [1.165, 1.54) is 0 Å². The lowest BCUT2D eigenvalue weighted by Gasteiger charge is -2.21. The normalized spacial score (nSPS) is 16.0. The molecule has 0 saturated heterocycles. The summed E-state index contributed by atoms with van der Waals surface area (Å²) in [6.07, 6.45) is 1.34. The minimum Gasteiger partial charge on any atom is -0.481 e. The molecule has 3 unspecified atom stereocenters. The van der Waals surface area contributed by atoms with Crippen LogP contribution in [0, 0.1) is 17.8 Å². The molecule has 0 heterocycles. The monoisotopic (exact) mass is 246 g/mol. The van der Waals surface area contributed by atoms with E-state index in [0.717, 1.165) is 6.42 Å². The highest BCUT2D eigenvalue weighted by Crippen LogP contribution is 2.23. The molecule has 0 aliphatic heterocycles. The van der Waals surface area contributed by atoms with E-state index < -0.39 is 23.8 Å². The molecule has 0 aliphatic rings. The predicted molar refractivity (Wildman–Crippen MR) is 62.4 cm³/mol. The van der Waals surface area contributed by atoms with Crippen molar-refractivity contribution in [2.75, 3.05) is 13.2 Å². The zero-order chi connectivity index (χ0) is 13.4. The number of aliphatic hydroxyl groups is 1. The van der Waals surface area contributed by atoms with E-state index in [9.17, 15) is 9.59 Å². The fraction of sp³-hybridized carbons (Fsp3) is 0.833. The SMILES string of the molecule is CCC(C)CC(C(=O)O)C(C)C(=O)OCCO. The molecule has 0 aromatic rings. The molecule has 0 fully saturated rings. The number of esters is 1. The Morgan fingerprint density at radius 1 is 1.29 bits per heavy atom. The summed E-state index contributed by atoms with van der Waals surface area (Å²) in [7, 11) is 0. The van der Waals surface area contributed by atoms with E-state index in [2.05, 4.69) is 0 Å². The quantitative estimate of drug-likeness (QED) is 0.630. The topological polar surface area (TPSA) is 83.8 Å². The maximum Gasteiger partial charge on any atom is 0.309 e. The minimum absolute atomic E-state index is 0.0845. The van der Waals surface area contributed by atoms with Crippen LogP contribution in [0.25, 0.3) is 0 Å².